The lowest BCUT2D eigenvalue weighted by Crippen LogP contribution is -2.66. The summed E-state index contributed by atoms with van der Waals surface area (Å²) in [5.74, 6) is 0.508. The highest BCUT2D eigenvalue weighted by molar-refractivity contribution is 5.28. The Morgan fingerprint density at radius 3 is 2.73 bits per heavy atom. The van der Waals surface area contributed by atoms with E-state index in [9.17, 15) is 0 Å². The van der Waals surface area contributed by atoms with Crippen LogP contribution in [0.1, 0.15) is 56.9 Å². The Bertz CT molecular complexity index is 464. The number of nitrogens with two attached hydrogens (primary N) is 1. The number of hydrogen-bond acceptors (Lipinski definition) is 3. The molecule has 0 saturated carbocycles. The maximum Gasteiger partial charge on any atom is 0.0925 e. The van der Waals surface area contributed by atoms with Crippen LogP contribution in [0.3, 0.4) is 0 Å². The predicted octanol–water partition coefficient (Wildman–Crippen LogP) is 3.20. The van der Waals surface area contributed by atoms with Crippen molar-refractivity contribution in [2.24, 2.45) is 5.73 Å². The molecule has 0 radical (unpaired) electrons. The lowest BCUT2D eigenvalue weighted by molar-refractivity contribution is -0.198. The highest BCUT2D eigenvalue weighted by atomic mass is 16.5. The maximum atomic E-state index is 6.30. The fourth-order valence-electron chi connectivity index (χ4n) is 4.18. The molecule has 0 spiro atoms. The normalized spacial score (nSPS) is 35.1. The van der Waals surface area contributed by atoms with Gasteiger partial charge >= 0.3 is 0 Å². The number of benzene rings is 1. The van der Waals surface area contributed by atoms with Gasteiger partial charge in [0.15, 0.2) is 0 Å². The molecule has 0 aromatic heterocycles. The summed E-state index contributed by atoms with van der Waals surface area (Å²) in [6.45, 7) is 4.13. The van der Waals surface area contributed by atoms with Crippen LogP contribution in [0.2, 0.25) is 0 Å². The van der Waals surface area contributed by atoms with Crippen molar-refractivity contribution < 1.29 is 4.74 Å². The zero-order valence-corrected chi connectivity index (χ0v) is 13.8. The number of unbranched alkanes of at least 4 members (excludes halogenated alkanes) is 2. The summed E-state index contributed by atoms with van der Waals surface area (Å²) >= 11 is 0. The molecule has 4 atom stereocenters. The average molecular weight is 302 g/mol. The van der Waals surface area contributed by atoms with Crippen LogP contribution in [0.25, 0.3) is 0 Å². The molecular formula is C19H30N2O. The molecule has 2 fully saturated rings. The van der Waals surface area contributed by atoms with Crippen molar-refractivity contribution in [3.63, 3.8) is 0 Å². The van der Waals surface area contributed by atoms with E-state index in [1.807, 2.05) is 0 Å². The molecule has 22 heavy (non-hydrogen) atoms. The van der Waals surface area contributed by atoms with E-state index in [1.54, 1.807) is 0 Å². The molecule has 4 unspecified atom stereocenters. The summed E-state index contributed by atoms with van der Waals surface area (Å²) in [6, 6.07) is 11.6. The quantitative estimate of drug-likeness (QED) is 0.793. The summed E-state index contributed by atoms with van der Waals surface area (Å²) in [5, 5.41) is 3.71. The zero-order chi connectivity index (χ0) is 15.4. The molecule has 122 valence electrons. The third-order valence-electron chi connectivity index (χ3n) is 5.52. The fraction of sp³-hybridized carbons (Fsp3) is 0.684. The second-order valence-electron chi connectivity index (χ2n) is 6.98. The van der Waals surface area contributed by atoms with Gasteiger partial charge in [-0.25, -0.2) is 0 Å². The third kappa shape index (κ3) is 3.08. The van der Waals surface area contributed by atoms with Gasteiger partial charge in [-0.1, -0.05) is 56.5 Å². The molecular weight excluding hydrogens is 272 g/mol. The minimum Gasteiger partial charge on any atom is -0.372 e. The standard InChI is InChI=1S/C19H30N2O/c1-2-3-7-11-19(18-13-16(20)10-12-21-18)17(14-22-19)15-8-5-4-6-9-15/h4-6,8-9,16-18,21H,2-3,7,10-14,20H2,1H3. The Morgan fingerprint density at radius 1 is 1.27 bits per heavy atom. The van der Waals surface area contributed by atoms with Gasteiger partial charge in [0.25, 0.3) is 0 Å². The van der Waals surface area contributed by atoms with E-state index in [0.29, 0.717) is 18.0 Å². The Balaban J connectivity index is 1.80. The molecule has 2 aliphatic rings. The van der Waals surface area contributed by atoms with E-state index < -0.39 is 0 Å². The highest BCUT2D eigenvalue weighted by Crippen LogP contribution is 2.48. The Morgan fingerprint density at radius 2 is 2.09 bits per heavy atom. The third-order valence-corrected chi connectivity index (χ3v) is 5.52. The van der Waals surface area contributed by atoms with Gasteiger partial charge in [-0.15, -0.1) is 0 Å². The summed E-state index contributed by atoms with van der Waals surface area (Å²) in [4.78, 5) is 0. The zero-order valence-electron chi connectivity index (χ0n) is 13.8. The summed E-state index contributed by atoms with van der Waals surface area (Å²) in [6.07, 6.45) is 7.04. The lowest BCUT2D eigenvalue weighted by atomic mass is 9.68. The summed E-state index contributed by atoms with van der Waals surface area (Å²) < 4.78 is 6.30. The van der Waals surface area contributed by atoms with Crippen molar-refractivity contribution in [2.75, 3.05) is 13.2 Å². The van der Waals surface area contributed by atoms with Gasteiger partial charge in [0.1, 0.15) is 0 Å². The van der Waals surface area contributed by atoms with Crippen LogP contribution in [-0.2, 0) is 4.74 Å². The largest absolute Gasteiger partial charge is 0.372 e. The number of ether oxygens (including phenoxy) is 1. The number of piperidine rings is 1. The second-order valence-corrected chi connectivity index (χ2v) is 6.98. The number of rotatable bonds is 6. The first-order valence-electron chi connectivity index (χ1n) is 8.94. The molecule has 0 amide bonds. The molecule has 2 saturated heterocycles. The molecule has 1 aromatic rings. The smallest absolute Gasteiger partial charge is 0.0925 e. The van der Waals surface area contributed by atoms with E-state index in [2.05, 4.69) is 42.6 Å². The molecule has 1 aromatic carbocycles. The monoisotopic (exact) mass is 302 g/mol. The molecule has 2 heterocycles. The van der Waals surface area contributed by atoms with Gasteiger partial charge in [-0.05, 0) is 31.4 Å². The van der Waals surface area contributed by atoms with Crippen molar-refractivity contribution >= 4 is 0 Å². The average Bonchev–Trinajstić information content (AvgIpc) is 2.51. The Hall–Kier alpha value is -0.900. The van der Waals surface area contributed by atoms with E-state index in [4.69, 9.17) is 10.5 Å². The van der Waals surface area contributed by atoms with Gasteiger partial charge in [0.05, 0.1) is 12.2 Å². The van der Waals surface area contributed by atoms with Crippen molar-refractivity contribution in [1.82, 2.24) is 5.32 Å². The Labute approximate surface area is 134 Å². The van der Waals surface area contributed by atoms with Crippen LogP contribution < -0.4 is 11.1 Å². The number of hydrogen-bond donors (Lipinski definition) is 2. The second kappa shape index (κ2) is 7.12. The molecule has 0 bridgehead atoms. The minimum atomic E-state index is -0.0471. The first kappa shape index (κ1) is 16.0. The minimum absolute atomic E-state index is 0.0471. The SMILES string of the molecule is CCCCCC1(C2CC(N)CCN2)OCC1c1ccccc1. The van der Waals surface area contributed by atoms with E-state index in [0.717, 1.165) is 32.4 Å². The van der Waals surface area contributed by atoms with Gasteiger partial charge in [-0.3, -0.25) is 0 Å². The first-order valence-corrected chi connectivity index (χ1v) is 8.94. The maximum absolute atomic E-state index is 6.30. The van der Waals surface area contributed by atoms with Crippen LogP contribution in [0.5, 0.6) is 0 Å². The van der Waals surface area contributed by atoms with Gasteiger partial charge < -0.3 is 15.8 Å². The molecule has 3 N–H and O–H groups in total. The summed E-state index contributed by atoms with van der Waals surface area (Å²) in [5.41, 5.74) is 7.62. The fourth-order valence-corrected chi connectivity index (χ4v) is 4.18. The Kier molecular flexibility index (Phi) is 5.17. The van der Waals surface area contributed by atoms with Crippen LogP contribution >= 0.6 is 0 Å². The number of nitrogens with one attached hydrogen (secondary N) is 1. The highest BCUT2D eigenvalue weighted by Gasteiger charge is 2.54. The van der Waals surface area contributed by atoms with Crippen molar-refractivity contribution in [3.8, 4) is 0 Å². The van der Waals surface area contributed by atoms with Gasteiger partial charge in [-0.2, -0.15) is 0 Å². The van der Waals surface area contributed by atoms with Crippen molar-refractivity contribution in [1.29, 1.82) is 0 Å². The summed E-state index contributed by atoms with van der Waals surface area (Å²) in [7, 11) is 0. The van der Waals surface area contributed by atoms with E-state index in [-0.39, 0.29) is 5.60 Å². The van der Waals surface area contributed by atoms with Gasteiger partial charge in [0, 0.05) is 18.0 Å². The van der Waals surface area contributed by atoms with Crippen molar-refractivity contribution in [2.45, 2.75) is 69.1 Å². The van der Waals surface area contributed by atoms with Crippen LogP contribution in [0.4, 0.5) is 0 Å². The van der Waals surface area contributed by atoms with Crippen LogP contribution in [0, 0.1) is 0 Å². The predicted molar refractivity (Wildman–Crippen MR) is 91.0 cm³/mol. The van der Waals surface area contributed by atoms with E-state index in [1.165, 1.54) is 24.8 Å². The molecule has 0 aliphatic carbocycles. The lowest BCUT2D eigenvalue weighted by Gasteiger charge is -2.56. The van der Waals surface area contributed by atoms with Crippen LogP contribution in [0.15, 0.2) is 30.3 Å². The topological polar surface area (TPSA) is 47.3 Å². The molecule has 3 rings (SSSR count). The van der Waals surface area contributed by atoms with Gasteiger partial charge in [0.2, 0.25) is 0 Å². The molecule has 3 heteroatoms. The first-order chi connectivity index (χ1) is 10.8. The van der Waals surface area contributed by atoms with Crippen molar-refractivity contribution in [3.05, 3.63) is 35.9 Å². The van der Waals surface area contributed by atoms with E-state index >= 15 is 0 Å². The van der Waals surface area contributed by atoms with Crippen LogP contribution in [-0.4, -0.2) is 30.8 Å². The molecule has 2 aliphatic heterocycles. The molecule has 3 nitrogen and oxygen atoms in total.